The maximum absolute atomic E-state index is 9.27. The van der Waals surface area contributed by atoms with Crippen LogP contribution >= 0.6 is 11.6 Å². The summed E-state index contributed by atoms with van der Waals surface area (Å²) in [4.78, 5) is 2.16. The molecule has 1 aliphatic heterocycles. The van der Waals surface area contributed by atoms with Crippen molar-refractivity contribution in [2.45, 2.75) is 38.9 Å². The summed E-state index contributed by atoms with van der Waals surface area (Å²) in [5.74, 6) is 0. The fraction of sp³-hybridized carbons (Fsp3) is 0.533. The number of morpholine rings is 1. The normalized spacial score (nSPS) is 20.9. The van der Waals surface area contributed by atoms with Gasteiger partial charge < -0.3 is 9.64 Å². The van der Waals surface area contributed by atoms with Crippen molar-refractivity contribution in [1.29, 1.82) is 5.26 Å². The third-order valence-electron chi connectivity index (χ3n) is 3.12. The van der Waals surface area contributed by atoms with Crippen LogP contribution in [0.5, 0.6) is 0 Å². The summed E-state index contributed by atoms with van der Waals surface area (Å²) >= 11 is 6.29. The van der Waals surface area contributed by atoms with E-state index in [1.165, 1.54) is 0 Å². The third kappa shape index (κ3) is 3.02. The fourth-order valence-corrected chi connectivity index (χ4v) is 3.17. The average molecular weight is 279 g/mol. The van der Waals surface area contributed by atoms with E-state index in [0.29, 0.717) is 10.6 Å². The van der Waals surface area contributed by atoms with Gasteiger partial charge in [0.1, 0.15) is 6.07 Å². The summed E-state index contributed by atoms with van der Waals surface area (Å²) in [5.41, 5.74) is 0.888. The predicted molar refractivity (Wildman–Crippen MR) is 77.6 cm³/mol. The maximum atomic E-state index is 9.27. The summed E-state index contributed by atoms with van der Waals surface area (Å²) in [6.07, 6.45) is 0. The number of rotatable bonds is 1. The molecule has 0 bridgehead atoms. The molecule has 102 valence electrons. The van der Waals surface area contributed by atoms with Crippen molar-refractivity contribution in [3.8, 4) is 6.07 Å². The topological polar surface area (TPSA) is 36.3 Å². The minimum atomic E-state index is -0.270. The highest BCUT2D eigenvalue weighted by Gasteiger charge is 2.39. The molecule has 1 aliphatic rings. The van der Waals surface area contributed by atoms with Crippen LogP contribution in [0.2, 0.25) is 5.02 Å². The Labute approximate surface area is 119 Å². The first-order chi connectivity index (χ1) is 8.74. The van der Waals surface area contributed by atoms with Crippen molar-refractivity contribution in [3.63, 3.8) is 0 Å². The van der Waals surface area contributed by atoms with Gasteiger partial charge in [0.15, 0.2) is 0 Å². The molecule has 0 unspecified atom stereocenters. The lowest BCUT2D eigenvalue weighted by molar-refractivity contribution is -0.133. The van der Waals surface area contributed by atoms with Crippen LogP contribution in [0.15, 0.2) is 18.2 Å². The molecule has 1 heterocycles. The standard InChI is InChI=1S/C15H19ClN2O/c1-14(2)9-18(10-15(3,4)19-14)13-11(8-17)6-5-7-12(13)16/h5-7H,9-10H2,1-4H3. The van der Waals surface area contributed by atoms with E-state index in [-0.39, 0.29) is 11.2 Å². The molecular weight excluding hydrogens is 260 g/mol. The first-order valence-corrected chi connectivity index (χ1v) is 6.76. The molecule has 0 aliphatic carbocycles. The van der Waals surface area contributed by atoms with Crippen molar-refractivity contribution in [1.82, 2.24) is 0 Å². The van der Waals surface area contributed by atoms with E-state index < -0.39 is 0 Å². The zero-order valence-electron chi connectivity index (χ0n) is 11.8. The first kappa shape index (κ1) is 14.2. The van der Waals surface area contributed by atoms with E-state index in [2.05, 4.69) is 38.7 Å². The number of nitriles is 1. The van der Waals surface area contributed by atoms with Crippen LogP contribution < -0.4 is 4.90 Å². The molecule has 0 N–H and O–H groups in total. The zero-order chi connectivity index (χ0) is 14.3. The molecule has 0 spiro atoms. The number of hydrogen-bond donors (Lipinski definition) is 0. The quantitative estimate of drug-likeness (QED) is 0.787. The summed E-state index contributed by atoms with van der Waals surface area (Å²) < 4.78 is 6.06. The van der Waals surface area contributed by atoms with E-state index in [4.69, 9.17) is 16.3 Å². The number of benzene rings is 1. The van der Waals surface area contributed by atoms with Crippen LogP contribution in [-0.2, 0) is 4.74 Å². The third-order valence-corrected chi connectivity index (χ3v) is 3.42. The van der Waals surface area contributed by atoms with Crippen LogP contribution in [-0.4, -0.2) is 24.3 Å². The maximum Gasteiger partial charge on any atom is 0.101 e. The van der Waals surface area contributed by atoms with E-state index in [9.17, 15) is 5.26 Å². The Bertz CT molecular complexity index is 515. The molecule has 1 fully saturated rings. The average Bonchev–Trinajstić information content (AvgIpc) is 2.24. The molecule has 1 aromatic carbocycles. The molecule has 0 aromatic heterocycles. The van der Waals surface area contributed by atoms with Gasteiger partial charge in [-0.1, -0.05) is 17.7 Å². The lowest BCUT2D eigenvalue weighted by Gasteiger charge is -2.48. The minimum absolute atomic E-state index is 0.270. The lowest BCUT2D eigenvalue weighted by atomic mass is 9.97. The second kappa shape index (κ2) is 4.70. The SMILES string of the molecule is CC1(C)CN(c2c(Cl)cccc2C#N)CC(C)(C)O1. The Balaban J connectivity index is 2.45. The van der Waals surface area contributed by atoms with Gasteiger partial charge in [0.05, 0.1) is 27.5 Å². The Kier molecular flexibility index (Phi) is 3.51. The lowest BCUT2D eigenvalue weighted by Crippen LogP contribution is -2.57. The molecule has 1 saturated heterocycles. The van der Waals surface area contributed by atoms with E-state index in [1.54, 1.807) is 12.1 Å². The minimum Gasteiger partial charge on any atom is -0.366 e. The first-order valence-electron chi connectivity index (χ1n) is 6.38. The van der Waals surface area contributed by atoms with Crippen LogP contribution in [0.1, 0.15) is 33.3 Å². The number of halogens is 1. The van der Waals surface area contributed by atoms with Gasteiger partial charge in [0, 0.05) is 13.1 Å². The van der Waals surface area contributed by atoms with Gasteiger partial charge in [-0.25, -0.2) is 0 Å². The Morgan fingerprint density at radius 3 is 2.32 bits per heavy atom. The van der Waals surface area contributed by atoms with Crippen LogP contribution in [0.4, 0.5) is 5.69 Å². The highest BCUT2D eigenvalue weighted by atomic mass is 35.5. The van der Waals surface area contributed by atoms with Gasteiger partial charge in [0.2, 0.25) is 0 Å². The molecule has 0 amide bonds. The highest BCUT2D eigenvalue weighted by Crippen LogP contribution is 2.36. The van der Waals surface area contributed by atoms with Crippen LogP contribution in [0.3, 0.4) is 0 Å². The molecule has 0 radical (unpaired) electrons. The molecule has 19 heavy (non-hydrogen) atoms. The van der Waals surface area contributed by atoms with Crippen LogP contribution in [0.25, 0.3) is 0 Å². The monoisotopic (exact) mass is 278 g/mol. The second-order valence-corrected chi connectivity index (χ2v) is 6.63. The van der Waals surface area contributed by atoms with E-state index >= 15 is 0 Å². The van der Waals surface area contributed by atoms with E-state index in [1.807, 2.05) is 6.07 Å². The zero-order valence-corrected chi connectivity index (χ0v) is 12.6. The van der Waals surface area contributed by atoms with Crippen molar-refractivity contribution in [3.05, 3.63) is 28.8 Å². The summed E-state index contributed by atoms with van der Waals surface area (Å²) in [6.45, 7) is 9.67. The largest absolute Gasteiger partial charge is 0.366 e. The number of ether oxygens (including phenoxy) is 1. The number of nitrogens with zero attached hydrogens (tertiary/aromatic N) is 2. The Morgan fingerprint density at radius 1 is 1.21 bits per heavy atom. The van der Waals surface area contributed by atoms with Crippen molar-refractivity contribution >= 4 is 17.3 Å². The molecule has 1 aromatic rings. The number of hydrogen-bond acceptors (Lipinski definition) is 3. The van der Waals surface area contributed by atoms with Crippen molar-refractivity contribution in [2.75, 3.05) is 18.0 Å². The van der Waals surface area contributed by atoms with Crippen molar-refractivity contribution < 1.29 is 4.74 Å². The predicted octanol–water partition coefficient (Wildman–Crippen LogP) is 3.61. The highest BCUT2D eigenvalue weighted by molar-refractivity contribution is 6.33. The van der Waals surface area contributed by atoms with Gasteiger partial charge in [-0.15, -0.1) is 0 Å². The number of para-hydroxylation sites is 1. The van der Waals surface area contributed by atoms with Gasteiger partial charge in [-0.3, -0.25) is 0 Å². The number of anilines is 1. The van der Waals surface area contributed by atoms with Crippen LogP contribution in [0, 0.1) is 11.3 Å². The molecule has 0 saturated carbocycles. The molecule has 2 rings (SSSR count). The molecule has 0 atom stereocenters. The second-order valence-electron chi connectivity index (χ2n) is 6.23. The summed E-state index contributed by atoms with van der Waals surface area (Å²) in [7, 11) is 0. The van der Waals surface area contributed by atoms with Gasteiger partial charge in [-0.2, -0.15) is 5.26 Å². The summed E-state index contributed by atoms with van der Waals surface area (Å²) in [6, 6.07) is 7.66. The summed E-state index contributed by atoms with van der Waals surface area (Å²) in [5, 5.41) is 9.89. The van der Waals surface area contributed by atoms with Gasteiger partial charge in [-0.05, 0) is 39.8 Å². The Hall–Kier alpha value is -1.24. The smallest absolute Gasteiger partial charge is 0.101 e. The fourth-order valence-electron chi connectivity index (χ4n) is 2.87. The van der Waals surface area contributed by atoms with Gasteiger partial charge >= 0.3 is 0 Å². The van der Waals surface area contributed by atoms with Gasteiger partial charge in [0.25, 0.3) is 0 Å². The Morgan fingerprint density at radius 2 is 1.79 bits per heavy atom. The van der Waals surface area contributed by atoms with Crippen molar-refractivity contribution in [2.24, 2.45) is 0 Å². The molecule has 3 nitrogen and oxygen atoms in total. The molecule has 4 heteroatoms. The molecular formula is C15H19ClN2O. The van der Waals surface area contributed by atoms with E-state index in [0.717, 1.165) is 18.8 Å².